The van der Waals surface area contributed by atoms with Gasteiger partial charge in [-0.3, -0.25) is 9.52 Å². The van der Waals surface area contributed by atoms with E-state index in [2.05, 4.69) is 11.3 Å². The fourth-order valence-electron chi connectivity index (χ4n) is 3.52. The van der Waals surface area contributed by atoms with E-state index in [-0.39, 0.29) is 27.5 Å². The van der Waals surface area contributed by atoms with E-state index in [4.69, 9.17) is 4.74 Å². The number of nitrogens with zero attached hydrogens (tertiary/aromatic N) is 1. The van der Waals surface area contributed by atoms with Crippen LogP contribution < -0.4 is 4.72 Å². The van der Waals surface area contributed by atoms with Gasteiger partial charge in [-0.05, 0) is 62.7 Å². The Morgan fingerprint density at radius 1 is 1.09 bits per heavy atom. The van der Waals surface area contributed by atoms with E-state index in [9.17, 15) is 22.4 Å². The third kappa shape index (κ3) is 5.26. The number of Topliss-reactive ketones (excluding diaryl/α,β-unsaturated/α-hetero) is 1. The van der Waals surface area contributed by atoms with E-state index >= 15 is 0 Å². The van der Waals surface area contributed by atoms with Crippen molar-refractivity contribution in [2.45, 2.75) is 32.2 Å². The van der Waals surface area contributed by atoms with Crippen LogP contribution in [0.5, 0.6) is 0 Å². The molecule has 0 radical (unpaired) electrons. The van der Waals surface area contributed by atoms with Crippen molar-refractivity contribution < 1.29 is 27.1 Å². The summed E-state index contributed by atoms with van der Waals surface area (Å²) >= 11 is 0. The smallest absolute Gasteiger partial charge is 0.340 e. The minimum Gasteiger partial charge on any atom is -0.454 e. The molecule has 0 atom stereocenters. The number of benzene rings is 2. The molecule has 0 bridgehead atoms. The predicted octanol–water partition coefficient (Wildman–Crippen LogP) is 4.58. The summed E-state index contributed by atoms with van der Waals surface area (Å²) in [5.74, 6) is -1.77. The van der Waals surface area contributed by atoms with Gasteiger partial charge in [0.2, 0.25) is 5.78 Å². The van der Waals surface area contributed by atoms with Crippen LogP contribution in [0.2, 0.25) is 0 Å². The first kappa shape index (κ1) is 24.9. The molecule has 178 valence electrons. The Morgan fingerprint density at radius 3 is 2.47 bits per heavy atom. The van der Waals surface area contributed by atoms with Crippen molar-refractivity contribution in [2.24, 2.45) is 0 Å². The monoisotopic (exact) mass is 484 g/mol. The number of hydrogen-bond acceptors (Lipinski definition) is 5. The molecule has 0 spiro atoms. The number of sulfonamides is 1. The summed E-state index contributed by atoms with van der Waals surface area (Å²) in [5, 5.41) is 0. The first-order chi connectivity index (χ1) is 16.0. The molecule has 0 aliphatic rings. The predicted molar refractivity (Wildman–Crippen MR) is 127 cm³/mol. The molecule has 0 aliphatic heterocycles. The van der Waals surface area contributed by atoms with Gasteiger partial charge in [-0.2, -0.15) is 0 Å². The third-order valence-electron chi connectivity index (χ3n) is 5.35. The van der Waals surface area contributed by atoms with Gasteiger partial charge in [0.15, 0.2) is 6.61 Å². The van der Waals surface area contributed by atoms with Crippen LogP contribution in [-0.4, -0.2) is 31.3 Å². The summed E-state index contributed by atoms with van der Waals surface area (Å²) in [5.41, 5.74) is 2.14. The summed E-state index contributed by atoms with van der Waals surface area (Å²) in [7, 11) is -4.10. The van der Waals surface area contributed by atoms with Crippen molar-refractivity contribution in [3.8, 4) is 0 Å². The van der Waals surface area contributed by atoms with Gasteiger partial charge in [-0.15, -0.1) is 6.58 Å². The van der Waals surface area contributed by atoms with Crippen LogP contribution in [-0.2, 0) is 21.3 Å². The molecule has 1 N–H and O–H groups in total. The van der Waals surface area contributed by atoms with Gasteiger partial charge in [-0.25, -0.2) is 17.6 Å². The van der Waals surface area contributed by atoms with Gasteiger partial charge >= 0.3 is 5.97 Å². The van der Waals surface area contributed by atoms with Crippen LogP contribution in [0, 0.1) is 26.6 Å². The quantitative estimate of drug-likeness (QED) is 0.273. The first-order valence-corrected chi connectivity index (χ1v) is 11.9. The standard InChI is InChI=1S/C25H25FN2O5S/c1-5-12-28-17(3)14-21(18(28)4)24(29)15-33-25(30)20-8-6-7-9-23(20)27-34(31,32)19-10-11-22(26)16(2)13-19/h5-11,13-14,27H,1,12,15H2,2-4H3. The lowest BCUT2D eigenvalue weighted by molar-refractivity contribution is 0.0475. The minimum atomic E-state index is -4.10. The van der Waals surface area contributed by atoms with Crippen molar-refractivity contribution in [1.29, 1.82) is 0 Å². The average Bonchev–Trinajstić information content (AvgIpc) is 3.08. The van der Waals surface area contributed by atoms with Gasteiger partial charge in [0, 0.05) is 23.5 Å². The summed E-state index contributed by atoms with van der Waals surface area (Å²) in [4.78, 5) is 25.2. The van der Waals surface area contributed by atoms with Gasteiger partial charge in [0.05, 0.1) is 16.1 Å². The number of ether oxygens (including phenoxy) is 1. The highest BCUT2D eigenvalue weighted by molar-refractivity contribution is 7.92. The molecular formula is C25H25FN2O5S. The summed E-state index contributed by atoms with van der Waals surface area (Å²) in [6, 6.07) is 11.0. The van der Waals surface area contributed by atoms with Crippen LogP contribution in [0.25, 0.3) is 0 Å². The number of halogens is 1. The van der Waals surface area contributed by atoms with E-state index in [1.165, 1.54) is 25.1 Å². The summed E-state index contributed by atoms with van der Waals surface area (Å²) in [6.45, 7) is 8.86. The van der Waals surface area contributed by atoms with E-state index in [1.54, 1.807) is 31.2 Å². The van der Waals surface area contributed by atoms with E-state index in [0.29, 0.717) is 12.1 Å². The van der Waals surface area contributed by atoms with Gasteiger partial charge < -0.3 is 9.30 Å². The Morgan fingerprint density at radius 2 is 1.79 bits per heavy atom. The van der Waals surface area contributed by atoms with Gasteiger partial charge in [0.1, 0.15) is 5.82 Å². The van der Waals surface area contributed by atoms with Crippen molar-refractivity contribution in [3.05, 3.63) is 95.1 Å². The molecular weight excluding hydrogens is 459 g/mol. The Hall–Kier alpha value is -3.72. The maximum absolute atomic E-state index is 13.5. The largest absolute Gasteiger partial charge is 0.454 e. The molecule has 3 rings (SSSR count). The maximum atomic E-state index is 13.5. The number of para-hydroxylation sites is 1. The molecule has 34 heavy (non-hydrogen) atoms. The molecule has 0 amide bonds. The molecule has 0 saturated heterocycles. The second kappa shape index (κ2) is 10.0. The van der Waals surface area contributed by atoms with E-state index < -0.39 is 28.4 Å². The molecule has 1 aromatic heterocycles. The highest BCUT2D eigenvalue weighted by Crippen LogP contribution is 2.23. The first-order valence-electron chi connectivity index (χ1n) is 10.4. The number of aryl methyl sites for hydroxylation is 2. The lowest BCUT2D eigenvalue weighted by atomic mass is 10.1. The normalized spacial score (nSPS) is 11.2. The number of rotatable bonds is 9. The zero-order chi connectivity index (χ0) is 25.0. The number of carbonyl (C=O) groups excluding carboxylic acids is 2. The SMILES string of the molecule is C=CCn1c(C)cc(C(=O)COC(=O)c2ccccc2NS(=O)(=O)c2ccc(F)c(C)c2)c1C. The fraction of sp³-hybridized carbons (Fsp3) is 0.200. The molecule has 0 fully saturated rings. The van der Waals surface area contributed by atoms with Crippen molar-refractivity contribution in [3.63, 3.8) is 0 Å². The molecule has 2 aromatic carbocycles. The van der Waals surface area contributed by atoms with Crippen molar-refractivity contribution in [2.75, 3.05) is 11.3 Å². The Balaban J connectivity index is 1.77. The molecule has 7 nitrogen and oxygen atoms in total. The van der Waals surface area contributed by atoms with Crippen LogP contribution in [0.4, 0.5) is 10.1 Å². The molecule has 1 heterocycles. The highest BCUT2D eigenvalue weighted by atomic mass is 32.2. The fourth-order valence-corrected chi connectivity index (χ4v) is 4.68. The third-order valence-corrected chi connectivity index (χ3v) is 6.71. The molecule has 3 aromatic rings. The van der Waals surface area contributed by atoms with Crippen molar-refractivity contribution >= 4 is 27.5 Å². The second-order valence-corrected chi connectivity index (χ2v) is 9.43. The topological polar surface area (TPSA) is 94.5 Å². The zero-order valence-corrected chi connectivity index (χ0v) is 19.9. The summed E-state index contributed by atoms with van der Waals surface area (Å²) in [6.07, 6.45) is 1.72. The van der Waals surface area contributed by atoms with Crippen molar-refractivity contribution in [1.82, 2.24) is 4.57 Å². The van der Waals surface area contributed by atoms with E-state index in [1.807, 2.05) is 11.5 Å². The van der Waals surface area contributed by atoms with Crippen LogP contribution in [0.15, 0.2) is 66.1 Å². The number of carbonyl (C=O) groups is 2. The minimum absolute atomic E-state index is 0.0221. The Labute approximate surface area is 197 Å². The van der Waals surface area contributed by atoms with Crippen LogP contribution >= 0.6 is 0 Å². The average molecular weight is 485 g/mol. The maximum Gasteiger partial charge on any atom is 0.340 e. The number of ketones is 1. The summed E-state index contributed by atoms with van der Waals surface area (Å²) < 4.78 is 48.5. The molecule has 0 saturated carbocycles. The lowest BCUT2D eigenvalue weighted by Crippen LogP contribution is -2.19. The number of esters is 1. The number of allylic oxidation sites excluding steroid dienone is 1. The van der Waals surface area contributed by atoms with Gasteiger partial charge in [0.25, 0.3) is 10.0 Å². The second-order valence-electron chi connectivity index (χ2n) is 7.75. The number of nitrogens with one attached hydrogen (secondary N) is 1. The molecule has 0 aliphatic carbocycles. The van der Waals surface area contributed by atoms with E-state index in [0.717, 1.165) is 23.5 Å². The van der Waals surface area contributed by atoms with Crippen LogP contribution in [0.1, 0.15) is 37.7 Å². The lowest BCUT2D eigenvalue weighted by Gasteiger charge is -2.13. The highest BCUT2D eigenvalue weighted by Gasteiger charge is 2.22. The number of hydrogen-bond donors (Lipinski definition) is 1. The van der Waals surface area contributed by atoms with Gasteiger partial charge in [-0.1, -0.05) is 18.2 Å². The number of anilines is 1. The van der Waals surface area contributed by atoms with Crippen LogP contribution in [0.3, 0.4) is 0 Å². The zero-order valence-electron chi connectivity index (χ0n) is 19.1. The Bertz CT molecular complexity index is 1380. The number of aromatic nitrogens is 1. The molecule has 9 heteroatoms. The Kier molecular flexibility index (Phi) is 7.36. The molecule has 0 unspecified atom stereocenters.